The molecule has 1 N–H and O–H groups in total. The average molecular weight is 299 g/mol. The van der Waals surface area contributed by atoms with Gasteiger partial charge in [0.1, 0.15) is 0 Å². The van der Waals surface area contributed by atoms with Crippen LogP contribution < -0.4 is 5.32 Å². The lowest BCUT2D eigenvalue weighted by Crippen LogP contribution is -2.20. The fourth-order valence-corrected chi connectivity index (χ4v) is 4.06. The highest BCUT2D eigenvalue weighted by Gasteiger charge is 2.24. The summed E-state index contributed by atoms with van der Waals surface area (Å²) in [6, 6.07) is 14.0. The molecular weight excluding hydrogens is 274 g/mol. The molecule has 21 heavy (non-hydrogen) atoms. The first-order valence-electron chi connectivity index (χ1n) is 8.17. The topological polar surface area (TPSA) is 12.0 Å². The quantitative estimate of drug-likeness (QED) is 0.731. The average Bonchev–Trinajstić information content (AvgIpc) is 2.96. The molecule has 0 radical (unpaired) electrons. The maximum atomic E-state index is 3.55. The van der Waals surface area contributed by atoms with E-state index in [4.69, 9.17) is 0 Å². The van der Waals surface area contributed by atoms with Crippen molar-refractivity contribution in [2.45, 2.75) is 50.5 Å². The SMILES string of the molecule is CNC(CCCc1cccs1)c1ccccc1C1CCC1. The van der Waals surface area contributed by atoms with E-state index in [0.717, 1.165) is 5.92 Å². The van der Waals surface area contributed by atoms with E-state index in [1.54, 1.807) is 5.56 Å². The molecule has 1 aromatic carbocycles. The molecule has 1 aliphatic carbocycles. The summed E-state index contributed by atoms with van der Waals surface area (Å²) in [5.74, 6) is 0.814. The monoisotopic (exact) mass is 299 g/mol. The van der Waals surface area contributed by atoms with Gasteiger partial charge >= 0.3 is 0 Å². The van der Waals surface area contributed by atoms with E-state index < -0.39 is 0 Å². The van der Waals surface area contributed by atoms with Gasteiger partial charge in [-0.2, -0.15) is 0 Å². The molecule has 3 rings (SSSR count). The minimum absolute atomic E-state index is 0.502. The second kappa shape index (κ2) is 7.24. The summed E-state index contributed by atoms with van der Waals surface area (Å²) < 4.78 is 0. The number of benzene rings is 1. The third-order valence-electron chi connectivity index (χ3n) is 4.76. The van der Waals surface area contributed by atoms with Gasteiger partial charge in [-0.1, -0.05) is 36.8 Å². The molecule has 112 valence electrons. The lowest BCUT2D eigenvalue weighted by molar-refractivity contribution is 0.410. The summed E-state index contributed by atoms with van der Waals surface area (Å²) in [4.78, 5) is 1.51. The summed E-state index contributed by atoms with van der Waals surface area (Å²) in [5, 5.41) is 5.72. The number of hydrogen-bond acceptors (Lipinski definition) is 2. The van der Waals surface area contributed by atoms with Crippen LogP contribution in [0.3, 0.4) is 0 Å². The van der Waals surface area contributed by atoms with Crippen molar-refractivity contribution in [2.75, 3.05) is 7.05 Å². The summed E-state index contributed by atoms with van der Waals surface area (Å²) in [6.07, 6.45) is 7.84. The van der Waals surface area contributed by atoms with Crippen LogP contribution in [-0.2, 0) is 6.42 Å². The van der Waals surface area contributed by atoms with E-state index in [1.165, 1.54) is 49.0 Å². The third kappa shape index (κ3) is 3.56. The van der Waals surface area contributed by atoms with Crippen LogP contribution >= 0.6 is 11.3 Å². The van der Waals surface area contributed by atoms with E-state index in [1.807, 2.05) is 11.3 Å². The standard InChI is InChI=1S/C19H25NS/c1-20-19(13-5-9-16-10-6-14-21-16)18-12-3-2-11-17(18)15-7-4-8-15/h2-3,6,10-12,14-15,19-20H,4-5,7-9,13H2,1H3. The summed E-state index contributed by atoms with van der Waals surface area (Å²) >= 11 is 1.88. The molecule has 0 aliphatic heterocycles. The van der Waals surface area contributed by atoms with E-state index in [0.29, 0.717) is 6.04 Å². The molecule has 2 aromatic rings. The second-order valence-corrected chi connectivity index (χ2v) is 7.10. The first-order valence-corrected chi connectivity index (χ1v) is 9.05. The van der Waals surface area contributed by atoms with Gasteiger partial charge in [-0.25, -0.2) is 0 Å². The lowest BCUT2D eigenvalue weighted by atomic mass is 9.77. The molecule has 1 fully saturated rings. The van der Waals surface area contributed by atoms with Gasteiger partial charge in [0, 0.05) is 10.9 Å². The van der Waals surface area contributed by atoms with Crippen LogP contribution in [0, 0.1) is 0 Å². The van der Waals surface area contributed by atoms with Crippen molar-refractivity contribution in [3.8, 4) is 0 Å². The third-order valence-corrected chi connectivity index (χ3v) is 5.70. The number of rotatable bonds is 7. The second-order valence-electron chi connectivity index (χ2n) is 6.07. The molecule has 2 heteroatoms. The summed E-state index contributed by atoms with van der Waals surface area (Å²) in [6.45, 7) is 0. The highest BCUT2D eigenvalue weighted by molar-refractivity contribution is 7.09. The molecule has 0 spiro atoms. The predicted molar refractivity (Wildman–Crippen MR) is 92.1 cm³/mol. The Labute approximate surface area is 132 Å². The predicted octanol–water partition coefficient (Wildman–Crippen LogP) is 5.30. The molecular formula is C19H25NS. The number of nitrogens with one attached hydrogen (secondary N) is 1. The van der Waals surface area contributed by atoms with E-state index in [9.17, 15) is 0 Å². The van der Waals surface area contributed by atoms with Crippen LogP contribution in [-0.4, -0.2) is 7.05 Å². The van der Waals surface area contributed by atoms with Gasteiger partial charge in [-0.3, -0.25) is 0 Å². The van der Waals surface area contributed by atoms with Gasteiger partial charge in [0.15, 0.2) is 0 Å². The molecule has 1 nitrogen and oxygen atoms in total. The van der Waals surface area contributed by atoms with Crippen molar-refractivity contribution in [1.29, 1.82) is 0 Å². The van der Waals surface area contributed by atoms with Crippen LogP contribution in [0.4, 0.5) is 0 Å². The van der Waals surface area contributed by atoms with Crippen molar-refractivity contribution < 1.29 is 0 Å². The zero-order valence-corrected chi connectivity index (χ0v) is 13.7. The number of aryl methyl sites for hydroxylation is 1. The Morgan fingerprint density at radius 1 is 1.19 bits per heavy atom. The van der Waals surface area contributed by atoms with Crippen LogP contribution in [0.1, 0.15) is 60.1 Å². The van der Waals surface area contributed by atoms with Gasteiger partial charge in [0.2, 0.25) is 0 Å². The Morgan fingerprint density at radius 2 is 2.05 bits per heavy atom. The van der Waals surface area contributed by atoms with Crippen LogP contribution in [0.15, 0.2) is 41.8 Å². The van der Waals surface area contributed by atoms with Crippen molar-refractivity contribution in [3.05, 3.63) is 57.8 Å². The molecule has 1 heterocycles. The normalized spacial score (nSPS) is 16.6. The van der Waals surface area contributed by atoms with Crippen molar-refractivity contribution in [3.63, 3.8) is 0 Å². The van der Waals surface area contributed by atoms with E-state index in [2.05, 4.69) is 54.1 Å². The highest BCUT2D eigenvalue weighted by atomic mass is 32.1. The first kappa shape index (κ1) is 14.8. The van der Waals surface area contributed by atoms with Crippen LogP contribution in [0.5, 0.6) is 0 Å². The van der Waals surface area contributed by atoms with Gasteiger partial charge < -0.3 is 5.32 Å². The summed E-state index contributed by atoms with van der Waals surface area (Å²) in [5.41, 5.74) is 3.13. The maximum absolute atomic E-state index is 3.55. The number of hydrogen-bond donors (Lipinski definition) is 1. The zero-order chi connectivity index (χ0) is 14.5. The molecule has 1 atom stereocenters. The minimum atomic E-state index is 0.502. The molecule has 1 aromatic heterocycles. The largest absolute Gasteiger partial charge is 0.313 e. The minimum Gasteiger partial charge on any atom is -0.313 e. The van der Waals surface area contributed by atoms with Crippen molar-refractivity contribution >= 4 is 11.3 Å². The molecule has 1 aliphatic rings. The fourth-order valence-electron chi connectivity index (χ4n) is 3.31. The Kier molecular flexibility index (Phi) is 5.10. The smallest absolute Gasteiger partial charge is 0.0320 e. The molecule has 1 saturated carbocycles. The summed E-state index contributed by atoms with van der Waals surface area (Å²) in [7, 11) is 2.10. The molecule has 0 saturated heterocycles. The van der Waals surface area contributed by atoms with Gasteiger partial charge in [-0.15, -0.1) is 11.3 Å². The van der Waals surface area contributed by atoms with Crippen molar-refractivity contribution in [2.24, 2.45) is 0 Å². The fraction of sp³-hybridized carbons (Fsp3) is 0.474. The zero-order valence-electron chi connectivity index (χ0n) is 12.8. The van der Waals surface area contributed by atoms with Crippen molar-refractivity contribution in [1.82, 2.24) is 5.32 Å². The van der Waals surface area contributed by atoms with Crippen LogP contribution in [0.2, 0.25) is 0 Å². The van der Waals surface area contributed by atoms with E-state index in [-0.39, 0.29) is 0 Å². The molecule has 0 amide bonds. The first-order chi connectivity index (χ1) is 10.4. The Morgan fingerprint density at radius 3 is 2.71 bits per heavy atom. The maximum Gasteiger partial charge on any atom is 0.0320 e. The molecule has 0 bridgehead atoms. The Bertz CT molecular complexity index is 542. The Hall–Kier alpha value is -1.12. The molecule has 1 unspecified atom stereocenters. The van der Waals surface area contributed by atoms with Gasteiger partial charge in [-0.05, 0) is 67.6 Å². The van der Waals surface area contributed by atoms with Gasteiger partial charge in [0.05, 0.1) is 0 Å². The van der Waals surface area contributed by atoms with Crippen LogP contribution in [0.25, 0.3) is 0 Å². The van der Waals surface area contributed by atoms with E-state index >= 15 is 0 Å². The highest BCUT2D eigenvalue weighted by Crippen LogP contribution is 2.40. The van der Waals surface area contributed by atoms with Gasteiger partial charge in [0.25, 0.3) is 0 Å². The lowest BCUT2D eigenvalue weighted by Gasteiger charge is -2.30. The Balaban J connectivity index is 1.65. The number of thiophene rings is 1.